The Morgan fingerprint density at radius 1 is 1.05 bits per heavy atom. The van der Waals surface area contributed by atoms with E-state index >= 15 is 0 Å². The molecule has 0 radical (unpaired) electrons. The molecule has 0 atom stereocenters. The molecule has 0 spiro atoms. The van der Waals surface area contributed by atoms with Crippen molar-refractivity contribution in [3.05, 3.63) is 42.1 Å². The average molecular weight is 274 g/mol. The summed E-state index contributed by atoms with van der Waals surface area (Å²) in [7, 11) is 0. The van der Waals surface area contributed by atoms with Crippen LogP contribution in [-0.2, 0) is 15.4 Å². The van der Waals surface area contributed by atoms with Gasteiger partial charge >= 0.3 is 0 Å². The lowest BCUT2D eigenvalue weighted by molar-refractivity contribution is -0.261. The number of para-hydroxylation sites is 1. The summed E-state index contributed by atoms with van der Waals surface area (Å²) in [6, 6.07) is 9.98. The highest BCUT2D eigenvalue weighted by Gasteiger charge is 2.34. The number of rotatable bonds is 7. The van der Waals surface area contributed by atoms with Gasteiger partial charge in [-0.25, -0.2) is 0 Å². The zero-order valence-corrected chi connectivity index (χ0v) is 12.3. The van der Waals surface area contributed by atoms with Crippen LogP contribution in [0.1, 0.15) is 26.3 Å². The van der Waals surface area contributed by atoms with E-state index in [9.17, 15) is 0 Å². The van der Waals surface area contributed by atoms with E-state index in [2.05, 4.69) is 10.3 Å². The van der Waals surface area contributed by atoms with Crippen molar-refractivity contribution < 1.29 is 9.47 Å². The first-order valence-electron chi connectivity index (χ1n) is 7.14. The number of benzene rings is 1. The number of nitrogens with one attached hydrogen (secondary N) is 1. The van der Waals surface area contributed by atoms with Crippen LogP contribution in [0.5, 0.6) is 0 Å². The van der Waals surface area contributed by atoms with Crippen molar-refractivity contribution in [2.45, 2.75) is 26.7 Å². The monoisotopic (exact) mass is 274 g/mol. The highest BCUT2D eigenvalue weighted by molar-refractivity contribution is 5.82. The Morgan fingerprint density at radius 3 is 2.40 bits per heavy atom. The maximum Gasteiger partial charge on any atom is 0.256 e. The molecule has 0 aliphatic rings. The van der Waals surface area contributed by atoms with E-state index in [1.165, 1.54) is 0 Å². The van der Waals surface area contributed by atoms with Gasteiger partial charge in [0, 0.05) is 30.4 Å². The van der Waals surface area contributed by atoms with Gasteiger partial charge in [0.25, 0.3) is 5.91 Å². The second-order valence-electron chi connectivity index (χ2n) is 4.39. The van der Waals surface area contributed by atoms with Gasteiger partial charge in [-0.1, -0.05) is 25.1 Å². The van der Waals surface area contributed by atoms with Crippen molar-refractivity contribution in [1.82, 2.24) is 10.3 Å². The number of ether oxygens (including phenoxy) is 2. The molecule has 0 unspecified atom stereocenters. The minimum Gasteiger partial charge on any atom is -0.334 e. The Kier molecular flexibility index (Phi) is 5.06. The van der Waals surface area contributed by atoms with E-state index in [1.807, 2.05) is 51.1 Å². The van der Waals surface area contributed by atoms with E-state index in [-0.39, 0.29) is 0 Å². The predicted octanol–water partition coefficient (Wildman–Crippen LogP) is 3.03. The quantitative estimate of drug-likeness (QED) is 0.788. The highest BCUT2D eigenvalue weighted by atomic mass is 16.7. The zero-order valence-electron chi connectivity index (χ0n) is 12.3. The van der Waals surface area contributed by atoms with E-state index < -0.39 is 5.91 Å². The first kappa shape index (κ1) is 14.9. The molecule has 1 aromatic heterocycles. The first-order valence-corrected chi connectivity index (χ1v) is 7.14. The summed E-state index contributed by atoms with van der Waals surface area (Å²) in [4.78, 5) is 4.40. The van der Waals surface area contributed by atoms with E-state index in [1.54, 1.807) is 6.20 Å². The third-order valence-corrected chi connectivity index (χ3v) is 3.11. The number of fused-ring (bicyclic) bond motifs is 1. The van der Waals surface area contributed by atoms with Gasteiger partial charge in [-0.2, -0.15) is 0 Å². The number of nitrogens with zero attached hydrogens (tertiary/aromatic N) is 1. The van der Waals surface area contributed by atoms with Crippen LogP contribution in [0.2, 0.25) is 0 Å². The summed E-state index contributed by atoms with van der Waals surface area (Å²) >= 11 is 0. The SMILES string of the molecule is CCNC(OCC)(OCC)c1ccnc2ccccc12. The summed E-state index contributed by atoms with van der Waals surface area (Å²) in [6.07, 6.45) is 1.79. The molecule has 1 heterocycles. The zero-order chi connectivity index (χ0) is 14.4. The van der Waals surface area contributed by atoms with Crippen LogP contribution in [0.3, 0.4) is 0 Å². The van der Waals surface area contributed by atoms with Crippen molar-refractivity contribution in [1.29, 1.82) is 0 Å². The Hall–Kier alpha value is -1.49. The van der Waals surface area contributed by atoms with Crippen molar-refractivity contribution in [3.63, 3.8) is 0 Å². The number of hydrogen-bond acceptors (Lipinski definition) is 4. The minimum absolute atomic E-state index is 0.559. The van der Waals surface area contributed by atoms with Crippen molar-refractivity contribution in [2.75, 3.05) is 19.8 Å². The van der Waals surface area contributed by atoms with Crippen LogP contribution in [0.15, 0.2) is 36.5 Å². The summed E-state index contributed by atoms with van der Waals surface area (Å²) < 4.78 is 11.9. The van der Waals surface area contributed by atoms with E-state index in [4.69, 9.17) is 9.47 Å². The summed E-state index contributed by atoms with van der Waals surface area (Å²) in [5, 5.41) is 4.37. The molecular formula is C16H22N2O2. The fourth-order valence-electron chi connectivity index (χ4n) is 2.42. The predicted molar refractivity (Wildman–Crippen MR) is 80.3 cm³/mol. The lowest BCUT2D eigenvalue weighted by atomic mass is 10.1. The molecule has 4 nitrogen and oxygen atoms in total. The van der Waals surface area contributed by atoms with Crippen LogP contribution < -0.4 is 5.32 Å². The lowest BCUT2D eigenvalue weighted by Gasteiger charge is -2.34. The van der Waals surface area contributed by atoms with Crippen molar-refractivity contribution >= 4 is 10.9 Å². The fourth-order valence-corrected chi connectivity index (χ4v) is 2.42. The third-order valence-electron chi connectivity index (χ3n) is 3.11. The molecule has 0 aliphatic carbocycles. The van der Waals surface area contributed by atoms with Gasteiger partial charge in [-0.3, -0.25) is 10.3 Å². The van der Waals surface area contributed by atoms with Gasteiger partial charge in [0.2, 0.25) is 0 Å². The summed E-state index contributed by atoms with van der Waals surface area (Å²) in [5.74, 6) is -0.916. The molecular weight excluding hydrogens is 252 g/mol. The summed E-state index contributed by atoms with van der Waals surface area (Å²) in [6.45, 7) is 7.84. The molecule has 1 aromatic carbocycles. The minimum atomic E-state index is -0.916. The second kappa shape index (κ2) is 6.79. The molecule has 0 aliphatic heterocycles. The molecule has 0 bridgehead atoms. The van der Waals surface area contributed by atoms with Gasteiger partial charge in [-0.05, 0) is 32.5 Å². The molecule has 4 heteroatoms. The highest BCUT2D eigenvalue weighted by Crippen LogP contribution is 2.30. The molecule has 0 saturated heterocycles. The lowest BCUT2D eigenvalue weighted by Crippen LogP contribution is -2.47. The molecule has 0 amide bonds. The Balaban J connectivity index is 2.60. The molecule has 1 N–H and O–H groups in total. The molecule has 2 rings (SSSR count). The maximum absolute atomic E-state index is 5.94. The fraction of sp³-hybridized carbons (Fsp3) is 0.438. The van der Waals surface area contributed by atoms with Crippen molar-refractivity contribution in [3.8, 4) is 0 Å². The van der Waals surface area contributed by atoms with Gasteiger partial charge in [0.05, 0.1) is 5.52 Å². The van der Waals surface area contributed by atoms with Gasteiger partial charge in [0.15, 0.2) is 0 Å². The summed E-state index contributed by atoms with van der Waals surface area (Å²) in [5.41, 5.74) is 1.90. The Labute approximate surface area is 120 Å². The number of hydrogen-bond donors (Lipinski definition) is 1. The Bertz CT molecular complexity index is 535. The molecule has 0 fully saturated rings. The van der Waals surface area contributed by atoms with Crippen LogP contribution in [0.4, 0.5) is 0 Å². The number of aromatic nitrogens is 1. The molecule has 0 saturated carbocycles. The van der Waals surface area contributed by atoms with Gasteiger partial charge in [0.1, 0.15) is 0 Å². The second-order valence-corrected chi connectivity index (χ2v) is 4.39. The standard InChI is InChI=1S/C16H22N2O2/c1-4-18-16(19-5-2,20-6-3)14-11-12-17-15-10-8-7-9-13(14)15/h7-12,18H,4-6H2,1-3H3. The van der Waals surface area contributed by atoms with Crippen LogP contribution in [-0.4, -0.2) is 24.7 Å². The average Bonchev–Trinajstić information content (AvgIpc) is 2.47. The van der Waals surface area contributed by atoms with Crippen molar-refractivity contribution in [2.24, 2.45) is 0 Å². The molecule has 20 heavy (non-hydrogen) atoms. The van der Waals surface area contributed by atoms with Crippen LogP contribution in [0, 0.1) is 0 Å². The van der Waals surface area contributed by atoms with Gasteiger partial charge < -0.3 is 9.47 Å². The van der Waals surface area contributed by atoms with Crippen LogP contribution in [0.25, 0.3) is 10.9 Å². The molecule has 108 valence electrons. The third kappa shape index (κ3) is 2.82. The van der Waals surface area contributed by atoms with Gasteiger partial charge in [-0.15, -0.1) is 0 Å². The molecule has 2 aromatic rings. The topological polar surface area (TPSA) is 43.4 Å². The largest absolute Gasteiger partial charge is 0.334 e. The number of pyridine rings is 1. The van der Waals surface area contributed by atoms with E-state index in [0.29, 0.717) is 13.2 Å². The van der Waals surface area contributed by atoms with E-state index in [0.717, 1.165) is 23.0 Å². The van der Waals surface area contributed by atoms with Crippen LogP contribution >= 0.6 is 0 Å². The Morgan fingerprint density at radius 2 is 1.75 bits per heavy atom. The first-order chi connectivity index (χ1) is 9.77. The smallest absolute Gasteiger partial charge is 0.256 e. The normalized spacial score (nSPS) is 11.9. The maximum atomic E-state index is 5.94.